The van der Waals surface area contributed by atoms with Crippen molar-refractivity contribution in [2.45, 2.75) is 39.2 Å². The monoisotopic (exact) mass is 386 g/mol. The van der Waals surface area contributed by atoms with Crippen molar-refractivity contribution in [3.63, 3.8) is 0 Å². The molecule has 1 aliphatic rings. The van der Waals surface area contributed by atoms with Gasteiger partial charge in [-0.15, -0.1) is 10.2 Å². The Balaban J connectivity index is 2.00. The number of fused-ring (bicyclic) bond motifs is 1. The molecule has 9 nitrogen and oxygen atoms in total. The number of carbonyl (C=O) groups is 2. The lowest BCUT2D eigenvalue weighted by Gasteiger charge is -2.24. The summed E-state index contributed by atoms with van der Waals surface area (Å²) in [7, 11) is 1.53. The van der Waals surface area contributed by atoms with Crippen molar-refractivity contribution in [3.8, 4) is 5.95 Å². The van der Waals surface area contributed by atoms with Crippen LogP contribution >= 0.6 is 0 Å². The molecule has 0 aliphatic carbocycles. The van der Waals surface area contributed by atoms with Gasteiger partial charge in [0.25, 0.3) is 11.8 Å². The number of aromatic hydroxyl groups is 1. The molecule has 2 heterocycles. The van der Waals surface area contributed by atoms with Gasteiger partial charge in [-0.25, -0.2) is 0 Å². The van der Waals surface area contributed by atoms with Gasteiger partial charge < -0.3 is 14.4 Å². The minimum absolute atomic E-state index is 0.0434. The van der Waals surface area contributed by atoms with Gasteiger partial charge in [-0.2, -0.15) is 0 Å². The lowest BCUT2D eigenvalue weighted by Crippen LogP contribution is -2.42. The van der Waals surface area contributed by atoms with E-state index in [1.165, 1.54) is 12.0 Å². The zero-order valence-electron chi connectivity index (χ0n) is 16.2. The SMILES string of the molecule is CCC(COC)N1C(=O)c2cccc(N=Nc3c(C(C)C)noc3O)c2C1=O. The van der Waals surface area contributed by atoms with Gasteiger partial charge in [0.05, 0.1) is 29.5 Å². The van der Waals surface area contributed by atoms with Crippen LogP contribution in [0.3, 0.4) is 0 Å². The van der Waals surface area contributed by atoms with Gasteiger partial charge in [0.2, 0.25) is 0 Å². The van der Waals surface area contributed by atoms with Crippen LogP contribution in [0.25, 0.3) is 0 Å². The minimum Gasteiger partial charge on any atom is -0.478 e. The van der Waals surface area contributed by atoms with Crippen LogP contribution in [0.1, 0.15) is 59.5 Å². The lowest BCUT2D eigenvalue weighted by atomic mass is 10.1. The predicted molar refractivity (Wildman–Crippen MR) is 99.3 cm³/mol. The van der Waals surface area contributed by atoms with E-state index in [1.54, 1.807) is 18.2 Å². The molecule has 1 aromatic heterocycles. The average Bonchev–Trinajstić information content (AvgIpc) is 3.16. The summed E-state index contributed by atoms with van der Waals surface area (Å²) in [4.78, 5) is 27.0. The molecule has 2 amide bonds. The lowest BCUT2D eigenvalue weighted by molar-refractivity contribution is 0.0466. The quantitative estimate of drug-likeness (QED) is 0.569. The Morgan fingerprint density at radius 1 is 1.25 bits per heavy atom. The van der Waals surface area contributed by atoms with E-state index in [2.05, 4.69) is 15.4 Å². The number of hydrogen-bond donors (Lipinski definition) is 1. The first-order valence-electron chi connectivity index (χ1n) is 9.00. The number of ether oxygens (including phenoxy) is 1. The smallest absolute Gasteiger partial charge is 0.337 e. The molecule has 0 saturated carbocycles. The number of carbonyl (C=O) groups excluding carboxylic acids is 2. The van der Waals surface area contributed by atoms with Crippen LogP contribution in [0.15, 0.2) is 33.0 Å². The summed E-state index contributed by atoms with van der Waals surface area (Å²) in [5.41, 5.74) is 1.25. The van der Waals surface area contributed by atoms with Gasteiger partial charge in [0, 0.05) is 13.0 Å². The van der Waals surface area contributed by atoms with Crippen molar-refractivity contribution in [2.75, 3.05) is 13.7 Å². The van der Waals surface area contributed by atoms with E-state index in [4.69, 9.17) is 9.26 Å². The number of rotatable bonds is 7. The van der Waals surface area contributed by atoms with Gasteiger partial charge in [0.1, 0.15) is 5.69 Å². The number of amides is 2. The van der Waals surface area contributed by atoms with E-state index in [0.717, 1.165) is 0 Å². The number of azo groups is 1. The second kappa shape index (κ2) is 7.89. The summed E-state index contributed by atoms with van der Waals surface area (Å²) in [6, 6.07) is 4.45. The summed E-state index contributed by atoms with van der Waals surface area (Å²) < 4.78 is 9.92. The fraction of sp³-hybridized carbons (Fsp3) is 0.421. The Morgan fingerprint density at radius 3 is 2.64 bits per heavy atom. The van der Waals surface area contributed by atoms with E-state index in [1.807, 2.05) is 20.8 Å². The standard InChI is InChI=1S/C19H22N4O5/c1-5-11(9-27-4)23-17(24)12-7-6-8-13(14(12)18(23)25)20-21-16-15(10(2)3)22-28-19(16)26/h6-8,10-11,26H,5,9H2,1-4H3. The molecular formula is C19H22N4O5. The first kappa shape index (κ1) is 19.7. The van der Waals surface area contributed by atoms with E-state index < -0.39 is 11.9 Å². The number of hydrogen-bond acceptors (Lipinski definition) is 8. The van der Waals surface area contributed by atoms with Gasteiger partial charge in [-0.1, -0.05) is 32.0 Å². The third-order valence-corrected chi connectivity index (χ3v) is 4.60. The van der Waals surface area contributed by atoms with E-state index >= 15 is 0 Å². The Hall–Kier alpha value is -3.07. The molecule has 0 saturated heterocycles. The molecule has 3 rings (SSSR count). The summed E-state index contributed by atoms with van der Waals surface area (Å²) >= 11 is 0. The first-order chi connectivity index (χ1) is 13.4. The second-order valence-electron chi connectivity index (χ2n) is 6.77. The normalized spacial score (nSPS) is 15.1. The number of aromatic nitrogens is 1. The Labute approximate surface area is 162 Å². The van der Waals surface area contributed by atoms with E-state index in [9.17, 15) is 14.7 Å². The second-order valence-corrected chi connectivity index (χ2v) is 6.77. The molecule has 2 aromatic rings. The summed E-state index contributed by atoms with van der Waals surface area (Å²) in [6.07, 6.45) is 0.572. The number of nitrogens with zero attached hydrogens (tertiary/aromatic N) is 4. The van der Waals surface area contributed by atoms with Gasteiger partial charge in [-0.05, 0) is 18.6 Å². The molecule has 1 N–H and O–H groups in total. The number of imide groups is 1. The molecule has 1 unspecified atom stereocenters. The van der Waals surface area contributed by atoms with Crippen LogP contribution in [0.4, 0.5) is 11.4 Å². The van der Waals surface area contributed by atoms with Crippen molar-refractivity contribution in [3.05, 3.63) is 35.0 Å². The van der Waals surface area contributed by atoms with Crippen molar-refractivity contribution >= 4 is 23.2 Å². The zero-order chi connectivity index (χ0) is 20.4. The van der Waals surface area contributed by atoms with Crippen molar-refractivity contribution in [1.29, 1.82) is 0 Å². The zero-order valence-corrected chi connectivity index (χ0v) is 16.2. The molecule has 1 aromatic carbocycles. The van der Waals surface area contributed by atoms with Crippen LogP contribution in [-0.4, -0.2) is 46.7 Å². The molecule has 0 fully saturated rings. The number of benzene rings is 1. The number of methoxy groups -OCH3 is 1. The van der Waals surface area contributed by atoms with Crippen molar-refractivity contribution in [2.24, 2.45) is 10.2 Å². The highest BCUT2D eigenvalue weighted by molar-refractivity contribution is 6.23. The highest BCUT2D eigenvalue weighted by atomic mass is 16.6. The van der Waals surface area contributed by atoms with Gasteiger partial charge >= 0.3 is 5.95 Å². The molecule has 9 heteroatoms. The van der Waals surface area contributed by atoms with Crippen LogP contribution in [0.2, 0.25) is 0 Å². The van der Waals surface area contributed by atoms with Gasteiger partial charge in [0.15, 0.2) is 5.69 Å². The molecule has 148 valence electrons. The third-order valence-electron chi connectivity index (χ3n) is 4.60. The molecule has 1 atom stereocenters. The van der Waals surface area contributed by atoms with Crippen LogP contribution in [0.5, 0.6) is 5.95 Å². The summed E-state index contributed by atoms with van der Waals surface area (Å²) in [6.45, 7) is 5.88. The van der Waals surface area contributed by atoms with E-state index in [0.29, 0.717) is 12.1 Å². The summed E-state index contributed by atoms with van der Waals surface area (Å²) in [5.74, 6) is -1.30. The van der Waals surface area contributed by atoms with Crippen LogP contribution in [-0.2, 0) is 4.74 Å². The maximum atomic E-state index is 13.0. The third kappa shape index (κ3) is 3.29. The average molecular weight is 386 g/mol. The molecular weight excluding hydrogens is 364 g/mol. The largest absolute Gasteiger partial charge is 0.478 e. The van der Waals surface area contributed by atoms with Gasteiger partial charge in [-0.3, -0.25) is 14.5 Å². The fourth-order valence-electron chi connectivity index (χ4n) is 3.13. The van der Waals surface area contributed by atoms with Crippen molar-refractivity contribution < 1.29 is 24.0 Å². The predicted octanol–water partition coefficient (Wildman–Crippen LogP) is 3.94. The fourth-order valence-corrected chi connectivity index (χ4v) is 3.13. The molecule has 0 bridgehead atoms. The molecule has 0 radical (unpaired) electrons. The van der Waals surface area contributed by atoms with Crippen LogP contribution < -0.4 is 0 Å². The Morgan fingerprint density at radius 2 is 2.00 bits per heavy atom. The highest BCUT2D eigenvalue weighted by Gasteiger charge is 2.41. The van der Waals surface area contributed by atoms with E-state index in [-0.39, 0.29) is 47.0 Å². The van der Waals surface area contributed by atoms with Crippen LogP contribution in [0, 0.1) is 0 Å². The molecule has 1 aliphatic heterocycles. The maximum Gasteiger partial charge on any atom is 0.337 e. The maximum absolute atomic E-state index is 13.0. The summed E-state index contributed by atoms with van der Waals surface area (Å²) in [5, 5.41) is 21.7. The highest BCUT2D eigenvalue weighted by Crippen LogP contribution is 2.38. The Bertz CT molecular complexity index is 934. The first-order valence-corrected chi connectivity index (χ1v) is 9.00. The Kier molecular flexibility index (Phi) is 5.55. The van der Waals surface area contributed by atoms with Crippen molar-refractivity contribution in [1.82, 2.24) is 10.1 Å². The minimum atomic E-state index is -0.449. The molecule has 28 heavy (non-hydrogen) atoms. The topological polar surface area (TPSA) is 118 Å². The molecule has 0 spiro atoms.